The first-order valence-electron chi connectivity index (χ1n) is 5.10. The molecular formula is C11H18NP. The Hall–Kier alpha value is -0.420. The van der Waals surface area contributed by atoms with Crippen LogP contribution in [0.15, 0.2) is 12.3 Å². The van der Waals surface area contributed by atoms with Gasteiger partial charge >= 0.3 is 0 Å². The van der Waals surface area contributed by atoms with Gasteiger partial charge in [-0.1, -0.05) is 23.1 Å². The van der Waals surface area contributed by atoms with Gasteiger partial charge < -0.3 is 0 Å². The summed E-state index contributed by atoms with van der Waals surface area (Å²) in [5.74, 6) is 0. The van der Waals surface area contributed by atoms with Crippen molar-refractivity contribution in [3.63, 3.8) is 0 Å². The van der Waals surface area contributed by atoms with Crippen molar-refractivity contribution >= 4 is 14.7 Å². The van der Waals surface area contributed by atoms with E-state index in [1.54, 1.807) is 0 Å². The lowest BCUT2D eigenvalue weighted by molar-refractivity contribution is 0.686. The van der Waals surface area contributed by atoms with Crippen molar-refractivity contribution in [2.45, 2.75) is 39.5 Å². The highest BCUT2D eigenvalue weighted by Gasteiger charge is 2.10. The molecule has 0 N–H and O–H groups in total. The molecule has 0 spiro atoms. The van der Waals surface area contributed by atoms with Crippen LogP contribution in [0.5, 0.6) is 0 Å². The van der Waals surface area contributed by atoms with E-state index in [0.29, 0.717) is 0 Å². The molecule has 0 amide bonds. The quantitative estimate of drug-likeness (QED) is 0.579. The molecule has 1 aromatic heterocycles. The summed E-state index contributed by atoms with van der Waals surface area (Å²) in [6.45, 7) is 4.00. The molecule has 13 heavy (non-hydrogen) atoms. The van der Waals surface area contributed by atoms with Crippen LogP contribution in [0.4, 0.5) is 0 Å². The van der Waals surface area contributed by atoms with Gasteiger partial charge in [0.25, 0.3) is 0 Å². The van der Waals surface area contributed by atoms with Crippen molar-refractivity contribution < 1.29 is 0 Å². The molecular weight excluding hydrogens is 177 g/mol. The lowest BCUT2D eigenvalue weighted by atomic mass is 9.94. The van der Waals surface area contributed by atoms with E-state index in [1.165, 1.54) is 36.8 Å². The molecule has 0 fully saturated rings. The van der Waals surface area contributed by atoms with E-state index in [1.807, 2.05) is 20.0 Å². The molecule has 72 valence electrons. The monoisotopic (exact) mass is 195 g/mol. The highest BCUT2D eigenvalue weighted by molar-refractivity contribution is 7.27. The smallest absolute Gasteiger partial charge is 0.0603 e. The molecule has 0 radical (unpaired) electrons. The summed E-state index contributed by atoms with van der Waals surface area (Å²) in [5, 5.41) is 0. The minimum absolute atomic E-state index is 1.15. The van der Waals surface area contributed by atoms with Gasteiger partial charge in [0.15, 0.2) is 0 Å². The van der Waals surface area contributed by atoms with Gasteiger partial charge in [0.1, 0.15) is 0 Å². The topological polar surface area (TPSA) is 12.9 Å². The molecule has 1 unspecified atom stereocenters. The summed E-state index contributed by atoms with van der Waals surface area (Å²) in [4.78, 5) is 4.26. The SMILES string of the molecule is CC.Pc1nccc2c1CCCC2. The Morgan fingerprint density at radius 3 is 2.62 bits per heavy atom. The fourth-order valence-electron chi connectivity index (χ4n) is 1.69. The maximum absolute atomic E-state index is 4.26. The van der Waals surface area contributed by atoms with Gasteiger partial charge in [-0.25, -0.2) is 0 Å². The maximum atomic E-state index is 4.26. The Balaban J connectivity index is 0.000000396. The average molecular weight is 195 g/mol. The van der Waals surface area contributed by atoms with Crippen molar-refractivity contribution in [1.29, 1.82) is 0 Å². The van der Waals surface area contributed by atoms with Crippen LogP contribution in [-0.2, 0) is 12.8 Å². The molecule has 1 aromatic rings. The van der Waals surface area contributed by atoms with E-state index in [0.717, 1.165) is 5.44 Å². The van der Waals surface area contributed by atoms with Gasteiger partial charge in [-0.2, -0.15) is 0 Å². The van der Waals surface area contributed by atoms with Gasteiger partial charge in [0.05, 0.1) is 5.44 Å². The Morgan fingerprint density at radius 2 is 1.92 bits per heavy atom. The number of aryl methyl sites for hydroxylation is 1. The fourth-order valence-corrected chi connectivity index (χ4v) is 2.11. The summed E-state index contributed by atoms with van der Waals surface area (Å²) < 4.78 is 0. The first-order valence-corrected chi connectivity index (χ1v) is 5.68. The van der Waals surface area contributed by atoms with Crippen LogP contribution in [0.1, 0.15) is 37.8 Å². The van der Waals surface area contributed by atoms with Crippen LogP contribution in [0.3, 0.4) is 0 Å². The second-order valence-electron chi connectivity index (χ2n) is 3.04. The highest BCUT2D eigenvalue weighted by atomic mass is 31.0. The Bertz CT molecular complexity index is 271. The highest BCUT2D eigenvalue weighted by Crippen LogP contribution is 2.19. The van der Waals surface area contributed by atoms with Crippen molar-refractivity contribution in [3.05, 3.63) is 23.4 Å². The van der Waals surface area contributed by atoms with Crippen molar-refractivity contribution in [3.8, 4) is 0 Å². The number of pyridine rings is 1. The number of fused-ring (bicyclic) bond motifs is 1. The summed E-state index contributed by atoms with van der Waals surface area (Å²) in [6, 6.07) is 2.15. The number of hydrogen-bond donors (Lipinski definition) is 0. The standard InChI is InChI=1S/C9H12NP.C2H6/c11-9-8-4-2-1-3-7(8)5-6-10-9;1-2/h5-6H,1-4,11H2;1-2H3. The predicted octanol–water partition coefficient (Wildman–Crippen LogP) is 2.49. The molecule has 1 aliphatic carbocycles. The molecule has 0 saturated carbocycles. The first kappa shape index (κ1) is 10.7. The molecule has 2 rings (SSSR count). The second-order valence-corrected chi connectivity index (χ2v) is 3.59. The minimum atomic E-state index is 1.15. The summed E-state index contributed by atoms with van der Waals surface area (Å²) in [6.07, 6.45) is 7.06. The van der Waals surface area contributed by atoms with E-state index in [9.17, 15) is 0 Å². The van der Waals surface area contributed by atoms with Crippen LogP contribution in [-0.4, -0.2) is 4.98 Å². The van der Waals surface area contributed by atoms with Gasteiger partial charge in [-0.05, 0) is 42.9 Å². The third-order valence-electron chi connectivity index (χ3n) is 2.31. The third-order valence-corrected chi connectivity index (χ3v) is 2.81. The number of rotatable bonds is 0. The molecule has 0 saturated heterocycles. The molecule has 1 atom stereocenters. The summed E-state index contributed by atoms with van der Waals surface area (Å²) in [5.41, 5.74) is 4.14. The summed E-state index contributed by atoms with van der Waals surface area (Å²) >= 11 is 0. The van der Waals surface area contributed by atoms with Crippen molar-refractivity contribution in [2.75, 3.05) is 0 Å². The lowest BCUT2D eigenvalue weighted by Gasteiger charge is -2.16. The Morgan fingerprint density at radius 1 is 1.23 bits per heavy atom. The fraction of sp³-hybridized carbons (Fsp3) is 0.545. The van der Waals surface area contributed by atoms with Gasteiger partial charge in [-0.3, -0.25) is 4.98 Å². The van der Waals surface area contributed by atoms with E-state index in [4.69, 9.17) is 0 Å². The zero-order valence-electron chi connectivity index (χ0n) is 8.51. The van der Waals surface area contributed by atoms with Crippen molar-refractivity contribution in [1.82, 2.24) is 4.98 Å². The molecule has 0 aromatic carbocycles. The average Bonchev–Trinajstić information content (AvgIpc) is 2.22. The van der Waals surface area contributed by atoms with E-state index >= 15 is 0 Å². The normalized spacial score (nSPS) is 14.1. The number of hydrogen-bond acceptors (Lipinski definition) is 1. The zero-order valence-corrected chi connectivity index (χ0v) is 9.66. The van der Waals surface area contributed by atoms with Crippen LogP contribution >= 0.6 is 9.24 Å². The van der Waals surface area contributed by atoms with Crippen LogP contribution in [0.25, 0.3) is 0 Å². The lowest BCUT2D eigenvalue weighted by Crippen LogP contribution is -2.13. The predicted molar refractivity (Wildman–Crippen MR) is 61.6 cm³/mol. The maximum Gasteiger partial charge on any atom is 0.0603 e. The molecule has 0 aliphatic heterocycles. The molecule has 1 nitrogen and oxygen atoms in total. The number of nitrogens with zero attached hydrogens (tertiary/aromatic N) is 1. The van der Waals surface area contributed by atoms with Crippen LogP contribution in [0.2, 0.25) is 0 Å². The largest absolute Gasteiger partial charge is 0.257 e. The Kier molecular flexibility index (Phi) is 4.38. The Labute approximate surface area is 83.2 Å². The zero-order chi connectivity index (χ0) is 9.68. The minimum Gasteiger partial charge on any atom is -0.257 e. The molecule has 2 heteroatoms. The van der Waals surface area contributed by atoms with Crippen LogP contribution in [0, 0.1) is 0 Å². The van der Waals surface area contributed by atoms with Gasteiger partial charge in [0.2, 0.25) is 0 Å². The van der Waals surface area contributed by atoms with E-state index < -0.39 is 0 Å². The van der Waals surface area contributed by atoms with Crippen LogP contribution < -0.4 is 5.44 Å². The number of aromatic nitrogens is 1. The van der Waals surface area contributed by atoms with Crippen molar-refractivity contribution in [2.24, 2.45) is 0 Å². The van der Waals surface area contributed by atoms with Gasteiger partial charge in [-0.15, -0.1) is 0 Å². The molecule has 0 bridgehead atoms. The molecule has 1 heterocycles. The first-order chi connectivity index (χ1) is 6.38. The molecule has 1 aliphatic rings. The van der Waals surface area contributed by atoms with Gasteiger partial charge in [0, 0.05) is 6.20 Å². The third kappa shape index (κ3) is 2.51. The summed E-state index contributed by atoms with van der Waals surface area (Å²) in [7, 11) is 2.72. The second kappa shape index (κ2) is 5.34. The van der Waals surface area contributed by atoms with E-state index in [-0.39, 0.29) is 0 Å². The van der Waals surface area contributed by atoms with E-state index in [2.05, 4.69) is 20.3 Å².